The van der Waals surface area contributed by atoms with Crippen molar-refractivity contribution in [3.63, 3.8) is 0 Å². The second-order valence-electron chi connectivity index (χ2n) is 6.05. The molecule has 1 aliphatic carbocycles. The molecule has 1 aliphatic rings. The van der Waals surface area contributed by atoms with Crippen LogP contribution in [0, 0.1) is 6.92 Å². The van der Waals surface area contributed by atoms with Crippen molar-refractivity contribution in [1.82, 2.24) is 5.32 Å². The van der Waals surface area contributed by atoms with Gasteiger partial charge in [-0.25, -0.2) is 0 Å². The first-order valence-corrected chi connectivity index (χ1v) is 7.62. The summed E-state index contributed by atoms with van der Waals surface area (Å²) in [7, 11) is 0. The Kier molecular flexibility index (Phi) is 5.18. The summed E-state index contributed by atoms with van der Waals surface area (Å²) in [6.07, 6.45) is 5.86. The maximum absolute atomic E-state index is 11.9. The number of benzene rings is 1. The predicted octanol–water partition coefficient (Wildman–Crippen LogP) is 2.74. The summed E-state index contributed by atoms with van der Waals surface area (Å²) in [4.78, 5) is 11.9. The van der Waals surface area contributed by atoms with E-state index in [1.54, 1.807) is 0 Å². The predicted molar refractivity (Wildman–Crippen MR) is 80.5 cm³/mol. The van der Waals surface area contributed by atoms with Gasteiger partial charge in [-0.05, 0) is 31.7 Å². The maximum Gasteiger partial charge on any atom is 0.222 e. The number of carbonyl (C=O) groups is 1. The number of nitrogens with one attached hydrogen (secondary N) is 1. The van der Waals surface area contributed by atoms with Crippen LogP contribution in [-0.2, 0) is 11.2 Å². The lowest BCUT2D eigenvalue weighted by Gasteiger charge is -2.31. The summed E-state index contributed by atoms with van der Waals surface area (Å²) in [5.41, 5.74) is 1.72. The van der Waals surface area contributed by atoms with E-state index in [2.05, 4.69) is 36.5 Å². The van der Waals surface area contributed by atoms with Crippen LogP contribution in [0.15, 0.2) is 24.3 Å². The van der Waals surface area contributed by atoms with Crippen LogP contribution in [0.3, 0.4) is 0 Å². The third kappa shape index (κ3) is 4.64. The van der Waals surface area contributed by atoms with E-state index in [0.29, 0.717) is 6.54 Å². The average Bonchev–Trinajstić information content (AvgIpc) is 2.41. The molecule has 0 saturated heterocycles. The molecule has 0 heterocycles. The van der Waals surface area contributed by atoms with Gasteiger partial charge in [0.1, 0.15) is 0 Å². The van der Waals surface area contributed by atoms with Gasteiger partial charge in [-0.15, -0.1) is 0 Å². The Morgan fingerprint density at radius 2 is 1.85 bits per heavy atom. The quantitative estimate of drug-likeness (QED) is 0.868. The summed E-state index contributed by atoms with van der Waals surface area (Å²) < 4.78 is 0. The molecule has 0 radical (unpaired) electrons. The maximum atomic E-state index is 11.9. The van der Waals surface area contributed by atoms with Gasteiger partial charge in [-0.1, -0.05) is 49.1 Å². The lowest BCUT2D eigenvalue weighted by atomic mass is 9.82. The van der Waals surface area contributed by atoms with Crippen LogP contribution in [0.4, 0.5) is 0 Å². The molecule has 1 amide bonds. The van der Waals surface area contributed by atoms with Crippen LogP contribution < -0.4 is 5.32 Å². The molecule has 1 saturated carbocycles. The van der Waals surface area contributed by atoms with Gasteiger partial charge >= 0.3 is 0 Å². The van der Waals surface area contributed by atoms with Crippen LogP contribution >= 0.6 is 0 Å². The molecule has 0 unspecified atom stereocenters. The van der Waals surface area contributed by atoms with Crippen molar-refractivity contribution in [2.24, 2.45) is 0 Å². The number of hydrogen-bond donors (Lipinski definition) is 2. The number of amides is 1. The topological polar surface area (TPSA) is 49.3 Å². The van der Waals surface area contributed by atoms with Crippen molar-refractivity contribution in [1.29, 1.82) is 0 Å². The number of carbonyl (C=O) groups excluding carboxylic acids is 1. The van der Waals surface area contributed by atoms with E-state index >= 15 is 0 Å². The summed E-state index contributed by atoms with van der Waals surface area (Å²) in [5.74, 6) is -0.0264. The van der Waals surface area contributed by atoms with Crippen LogP contribution in [-0.4, -0.2) is 23.2 Å². The highest BCUT2D eigenvalue weighted by atomic mass is 16.3. The molecule has 0 atom stereocenters. The molecular weight excluding hydrogens is 250 g/mol. The SMILES string of the molecule is Cc1ccc(CCNC(=O)CC2(O)CCCCC2)cc1. The number of rotatable bonds is 5. The van der Waals surface area contributed by atoms with Gasteiger partial charge in [0.2, 0.25) is 5.91 Å². The van der Waals surface area contributed by atoms with E-state index < -0.39 is 5.60 Å². The van der Waals surface area contributed by atoms with E-state index in [1.807, 2.05) is 0 Å². The first kappa shape index (κ1) is 15.0. The second kappa shape index (κ2) is 6.89. The molecule has 0 bridgehead atoms. The zero-order chi connectivity index (χ0) is 14.4. The van der Waals surface area contributed by atoms with Crippen LogP contribution in [0.5, 0.6) is 0 Å². The highest BCUT2D eigenvalue weighted by Crippen LogP contribution is 2.30. The Morgan fingerprint density at radius 1 is 1.20 bits per heavy atom. The first-order chi connectivity index (χ1) is 9.57. The summed E-state index contributed by atoms with van der Waals surface area (Å²) in [6, 6.07) is 8.36. The Labute approximate surface area is 121 Å². The van der Waals surface area contributed by atoms with Crippen LogP contribution in [0.2, 0.25) is 0 Å². The zero-order valence-corrected chi connectivity index (χ0v) is 12.3. The molecule has 0 aromatic heterocycles. The van der Waals surface area contributed by atoms with Crippen molar-refractivity contribution in [2.45, 2.75) is 57.5 Å². The van der Waals surface area contributed by atoms with Crippen molar-refractivity contribution < 1.29 is 9.90 Å². The normalized spacial score (nSPS) is 17.7. The Bertz CT molecular complexity index is 433. The van der Waals surface area contributed by atoms with Gasteiger partial charge in [-0.3, -0.25) is 4.79 Å². The van der Waals surface area contributed by atoms with Gasteiger partial charge in [0.05, 0.1) is 12.0 Å². The van der Waals surface area contributed by atoms with E-state index in [0.717, 1.165) is 32.1 Å². The zero-order valence-electron chi connectivity index (χ0n) is 12.3. The fraction of sp³-hybridized carbons (Fsp3) is 0.588. The minimum atomic E-state index is -0.758. The van der Waals surface area contributed by atoms with Gasteiger partial charge in [-0.2, -0.15) is 0 Å². The fourth-order valence-electron chi connectivity index (χ4n) is 2.85. The molecule has 3 heteroatoms. The van der Waals surface area contributed by atoms with Gasteiger partial charge in [0.25, 0.3) is 0 Å². The monoisotopic (exact) mass is 275 g/mol. The molecule has 0 spiro atoms. The summed E-state index contributed by atoms with van der Waals surface area (Å²) in [6.45, 7) is 2.70. The highest BCUT2D eigenvalue weighted by molar-refractivity contribution is 5.77. The molecule has 2 rings (SSSR count). The third-order valence-corrected chi connectivity index (χ3v) is 4.13. The Balaban J connectivity index is 1.71. The van der Waals surface area contributed by atoms with Gasteiger partial charge in [0, 0.05) is 6.54 Å². The molecule has 3 nitrogen and oxygen atoms in total. The van der Waals surface area contributed by atoms with Crippen molar-refractivity contribution >= 4 is 5.91 Å². The Hall–Kier alpha value is -1.35. The van der Waals surface area contributed by atoms with E-state index in [-0.39, 0.29) is 12.3 Å². The molecule has 110 valence electrons. The van der Waals surface area contributed by atoms with Crippen molar-refractivity contribution in [3.8, 4) is 0 Å². The highest BCUT2D eigenvalue weighted by Gasteiger charge is 2.31. The number of hydrogen-bond acceptors (Lipinski definition) is 2. The molecule has 1 fully saturated rings. The second-order valence-corrected chi connectivity index (χ2v) is 6.05. The van der Waals surface area contributed by atoms with E-state index in [1.165, 1.54) is 17.5 Å². The van der Waals surface area contributed by atoms with Crippen molar-refractivity contribution in [2.75, 3.05) is 6.54 Å². The summed E-state index contributed by atoms with van der Waals surface area (Å²) >= 11 is 0. The summed E-state index contributed by atoms with van der Waals surface area (Å²) in [5, 5.41) is 13.2. The number of aryl methyl sites for hydroxylation is 1. The minimum absolute atomic E-state index is 0.0264. The Morgan fingerprint density at radius 3 is 2.50 bits per heavy atom. The van der Waals surface area contributed by atoms with Crippen LogP contribution in [0.1, 0.15) is 49.7 Å². The van der Waals surface area contributed by atoms with Crippen molar-refractivity contribution in [3.05, 3.63) is 35.4 Å². The molecule has 2 N–H and O–H groups in total. The van der Waals surface area contributed by atoms with E-state index in [9.17, 15) is 9.90 Å². The molecule has 20 heavy (non-hydrogen) atoms. The molecular formula is C17H25NO2. The average molecular weight is 275 g/mol. The molecule has 0 aliphatic heterocycles. The van der Waals surface area contributed by atoms with Gasteiger partial charge < -0.3 is 10.4 Å². The molecule has 1 aromatic rings. The van der Waals surface area contributed by atoms with E-state index in [4.69, 9.17) is 0 Å². The molecule has 1 aromatic carbocycles. The van der Waals surface area contributed by atoms with Gasteiger partial charge in [0.15, 0.2) is 0 Å². The lowest BCUT2D eigenvalue weighted by molar-refractivity contribution is -0.127. The standard InChI is InChI=1S/C17H25NO2/c1-14-5-7-15(8-6-14)9-12-18-16(19)13-17(20)10-3-2-4-11-17/h5-8,20H,2-4,9-13H2,1H3,(H,18,19). The largest absolute Gasteiger partial charge is 0.389 e. The minimum Gasteiger partial charge on any atom is -0.389 e. The fourth-order valence-corrected chi connectivity index (χ4v) is 2.85. The number of aliphatic hydroxyl groups is 1. The third-order valence-electron chi connectivity index (χ3n) is 4.13. The smallest absolute Gasteiger partial charge is 0.222 e. The van der Waals surface area contributed by atoms with Crippen LogP contribution in [0.25, 0.3) is 0 Å². The first-order valence-electron chi connectivity index (χ1n) is 7.62. The lowest BCUT2D eigenvalue weighted by Crippen LogP contribution is -2.38.